The summed E-state index contributed by atoms with van der Waals surface area (Å²) >= 11 is 0. The summed E-state index contributed by atoms with van der Waals surface area (Å²) in [5.74, 6) is 0.0836. The first-order chi connectivity index (χ1) is 8.74. The van der Waals surface area contributed by atoms with Crippen molar-refractivity contribution in [2.75, 3.05) is 20.2 Å². The molecule has 0 bridgehead atoms. The van der Waals surface area contributed by atoms with Crippen LogP contribution < -0.4 is 5.73 Å². The second-order valence-corrected chi connectivity index (χ2v) is 4.65. The molecule has 0 aliphatic carbocycles. The summed E-state index contributed by atoms with van der Waals surface area (Å²) in [5.41, 5.74) is 7.31. The van der Waals surface area contributed by atoms with E-state index in [1.54, 1.807) is 7.11 Å². The summed E-state index contributed by atoms with van der Waals surface area (Å²) in [6.07, 6.45) is 2.21. The van der Waals surface area contributed by atoms with Crippen LogP contribution in [0.3, 0.4) is 0 Å². The zero-order chi connectivity index (χ0) is 13.0. The molecular weight excluding hydrogens is 228 g/mol. The van der Waals surface area contributed by atoms with E-state index in [2.05, 4.69) is 0 Å². The van der Waals surface area contributed by atoms with E-state index in [9.17, 15) is 4.79 Å². The van der Waals surface area contributed by atoms with Crippen LogP contribution in [0.25, 0.3) is 0 Å². The maximum Gasteiger partial charge on any atom is 0.253 e. The predicted molar refractivity (Wildman–Crippen MR) is 70.3 cm³/mol. The van der Waals surface area contributed by atoms with Crippen molar-refractivity contribution in [3.05, 3.63) is 35.4 Å². The van der Waals surface area contributed by atoms with Crippen molar-refractivity contribution < 1.29 is 9.53 Å². The largest absolute Gasteiger partial charge is 0.380 e. The zero-order valence-corrected chi connectivity index (χ0v) is 10.8. The fraction of sp³-hybridized carbons (Fsp3) is 0.500. The number of nitrogens with zero attached hydrogens (tertiary/aromatic N) is 1. The van der Waals surface area contributed by atoms with Crippen molar-refractivity contribution in [2.45, 2.75) is 25.5 Å². The maximum atomic E-state index is 12.3. The molecule has 4 nitrogen and oxygen atoms in total. The smallest absolute Gasteiger partial charge is 0.253 e. The lowest BCUT2D eigenvalue weighted by atomic mass is 10.1. The number of rotatable bonds is 3. The van der Waals surface area contributed by atoms with Crippen LogP contribution in [-0.4, -0.2) is 37.1 Å². The Morgan fingerprint density at radius 1 is 1.44 bits per heavy atom. The van der Waals surface area contributed by atoms with E-state index in [1.807, 2.05) is 29.2 Å². The van der Waals surface area contributed by atoms with Crippen LogP contribution in [0.4, 0.5) is 0 Å². The van der Waals surface area contributed by atoms with Crippen LogP contribution in [0.1, 0.15) is 28.8 Å². The lowest BCUT2D eigenvalue weighted by Crippen LogP contribution is -2.42. The quantitative estimate of drug-likeness (QED) is 0.879. The lowest BCUT2D eigenvalue weighted by molar-refractivity contribution is 0.0269. The first kappa shape index (κ1) is 13.1. The van der Waals surface area contributed by atoms with Gasteiger partial charge in [0, 0.05) is 32.3 Å². The van der Waals surface area contributed by atoms with Gasteiger partial charge < -0.3 is 15.4 Å². The molecule has 0 saturated carbocycles. The highest BCUT2D eigenvalue weighted by Crippen LogP contribution is 2.16. The summed E-state index contributed by atoms with van der Waals surface area (Å²) in [7, 11) is 1.70. The second kappa shape index (κ2) is 5.98. The van der Waals surface area contributed by atoms with E-state index in [1.165, 1.54) is 0 Å². The Hall–Kier alpha value is -1.39. The second-order valence-electron chi connectivity index (χ2n) is 4.65. The summed E-state index contributed by atoms with van der Waals surface area (Å²) in [5, 5.41) is 0. The molecule has 4 heteroatoms. The van der Waals surface area contributed by atoms with Gasteiger partial charge in [0.1, 0.15) is 0 Å². The molecule has 0 radical (unpaired) electrons. The number of ether oxygens (including phenoxy) is 1. The summed E-state index contributed by atoms with van der Waals surface area (Å²) in [6.45, 7) is 2.01. The van der Waals surface area contributed by atoms with Crippen LogP contribution in [0, 0.1) is 0 Å². The number of amides is 1. The summed E-state index contributed by atoms with van der Waals surface area (Å²) in [4.78, 5) is 14.2. The van der Waals surface area contributed by atoms with Gasteiger partial charge in [0.05, 0.1) is 6.10 Å². The molecule has 18 heavy (non-hydrogen) atoms. The van der Waals surface area contributed by atoms with Gasteiger partial charge in [-0.25, -0.2) is 0 Å². The molecule has 1 aliphatic heterocycles. The van der Waals surface area contributed by atoms with Crippen molar-refractivity contribution >= 4 is 5.91 Å². The molecule has 0 spiro atoms. The molecule has 1 fully saturated rings. The van der Waals surface area contributed by atoms with Gasteiger partial charge >= 0.3 is 0 Å². The fourth-order valence-corrected chi connectivity index (χ4v) is 2.28. The minimum absolute atomic E-state index is 0.0836. The third-order valence-corrected chi connectivity index (χ3v) is 3.44. The van der Waals surface area contributed by atoms with Gasteiger partial charge in [-0.05, 0) is 30.5 Å². The Labute approximate surface area is 108 Å². The first-order valence-electron chi connectivity index (χ1n) is 6.35. The highest BCUT2D eigenvalue weighted by Gasteiger charge is 2.24. The van der Waals surface area contributed by atoms with Crippen LogP contribution in [-0.2, 0) is 11.3 Å². The zero-order valence-electron chi connectivity index (χ0n) is 10.8. The van der Waals surface area contributed by atoms with Crippen LogP contribution in [0.2, 0.25) is 0 Å². The van der Waals surface area contributed by atoms with Crippen LogP contribution in [0.5, 0.6) is 0 Å². The van der Waals surface area contributed by atoms with E-state index >= 15 is 0 Å². The van der Waals surface area contributed by atoms with Gasteiger partial charge in [0.25, 0.3) is 5.91 Å². The molecule has 2 N–H and O–H groups in total. The Bertz CT molecular complexity index is 403. The average Bonchev–Trinajstić information content (AvgIpc) is 2.46. The lowest BCUT2D eigenvalue weighted by Gasteiger charge is -2.32. The molecule has 1 aliphatic rings. The standard InChI is InChI=1S/C14H20N2O2/c1-18-13-3-2-8-16(10-13)14(17)12-6-4-11(9-15)5-7-12/h4-7,13H,2-3,8-10,15H2,1H3. The molecule has 1 amide bonds. The van der Waals surface area contributed by atoms with Gasteiger partial charge in [0.2, 0.25) is 0 Å². The Kier molecular flexibility index (Phi) is 4.33. The maximum absolute atomic E-state index is 12.3. The molecule has 98 valence electrons. The molecule has 1 heterocycles. The topological polar surface area (TPSA) is 55.6 Å². The van der Waals surface area contributed by atoms with Crippen LogP contribution >= 0.6 is 0 Å². The number of hydrogen-bond acceptors (Lipinski definition) is 3. The highest BCUT2D eigenvalue weighted by molar-refractivity contribution is 5.94. The fourth-order valence-electron chi connectivity index (χ4n) is 2.28. The van der Waals surface area contributed by atoms with Gasteiger partial charge in [-0.3, -0.25) is 4.79 Å². The van der Waals surface area contributed by atoms with Gasteiger partial charge in [-0.15, -0.1) is 0 Å². The minimum atomic E-state index is 0.0836. The monoisotopic (exact) mass is 248 g/mol. The van der Waals surface area contributed by atoms with Gasteiger partial charge in [-0.2, -0.15) is 0 Å². The SMILES string of the molecule is COC1CCCN(C(=O)c2ccc(CN)cc2)C1. The van der Waals surface area contributed by atoms with Crippen molar-refractivity contribution in [3.8, 4) is 0 Å². The first-order valence-corrected chi connectivity index (χ1v) is 6.35. The van der Waals surface area contributed by atoms with Crippen LogP contribution in [0.15, 0.2) is 24.3 Å². The molecule has 0 aromatic heterocycles. The average molecular weight is 248 g/mol. The number of likely N-dealkylation sites (tertiary alicyclic amines) is 1. The molecule has 1 aromatic carbocycles. The van der Waals surface area contributed by atoms with Crippen molar-refractivity contribution in [1.29, 1.82) is 0 Å². The molecular formula is C14H20N2O2. The Balaban J connectivity index is 2.05. The predicted octanol–water partition coefficient (Wildman–Crippen LogP) is 1.40. The third kappa shape index (κ3) is 2.89. The molecule has 1 atom stereocenters. The normalized spacial score (nSPS) is 19.9. The van der Waals surface area contributed by atoms with E-state index in [4.69, 9.17) is 10.5 Å². The van der Waals surface area contributed by atoms with E-state index < -0.39 is 0 Å². The van der Waals surface area contributed by atoms with Crippen molar-refractivity contribution in [3.63, 3.8) is 0 Å². The summed E-state index contributed by atoms with van der Waals surface area (Å²) < 4.78 is 5.33. The third-order valence-electron chi connectivity index (χ3n) is 3.44. The molecule has 1 unspecified atom stereocenters. The molecule has 1 aromatic rings. The number of nitrogens with two attached hydrogens (primary N) is 1. The number of piperidine rings is 1. The van der Waals surface area contributed by atoms with E-state index in [0.717, 1.165) is 30.5 Å². The minimum Gasteiger partial charge on any atom is -0.380 e. The van der Waals surface area contributed by atoms with Gasteiger partial charge in [0.15, 0.2) is 0 Å². The van der Waals surface area contributed by atoms with Crippen molar-refractivity contribution in [1.82, 2.24) is 4.90 Å². The molecule has 2 rings (SSSR count). The number of hydrogen-bond donors (Lipinski definition) is 1. The van der Waals surface area contributed by atoms with E-state index in [0.29, 0.717) is 13.1 Å². The molecule has 1 saturated heterocycles. The number of carbonyl (C=O) groups excluding carboxylic acids is 1. The number of methoxy groups -OCH3 is 1. The Morgan fingerprint density at radius 3 is 2.78 bits per heavy atom. The van der Waals surface area contributed by atoms with Gasteiger partial charge in [-0.1, -0.05) is 12.1 Å². The number of benzene rings is 1. The highest BCUT2D eigenvalue weighted by atomic mass is 16.5. The van der Waals surface area contributed by atoms with E-state index in [-0.39, 0.29) is 12.0 Å². The number of carbonyl (C=O) groups is 1. The summed E-state index contributed by atoms with van der Waals surface area (Å²) in [6, 6.07) is 7.51. The van der Waals surface area contributed by atoms with Crippen molar-refractivity contribution in [2.24, 2.45) is 5.73 Å². The Morgan fingerprint density at radius 2 is 2.17 bits per heavy atom.